The van der Waals surface area contributed by atoms with Crippen molar-refractivity contribution in [2.75, 3.05) is 6.61 Å². The third-order valence-electron chi connectivity index (χ3n) is 1.77. The average Bonchev–Trinajstić information content (AvgIpc) is 2.14. The smallest absolute Gasteiger partial charge is 0.364 e. The molecular weight excluding hydrogens is 193 g/mol. The summed E-state index contributed by atoms with van der Waals surface area (Å²) in [5.41, 5.74) is 0.747. The maximum Gasteiger partial charge on any atom is 0.411 e. The Morgan fingerprint density at radius 2 is 1.79 bits per heavy atom. The number of rotatable bonds is 3. The van der Waals surface area contributed by atoms with Gasteiger partial charge in [0.2, 0.25) is 0 Å². The summed E-state index contributed by atoms with van der Waals surface area (Å²) in [4.78, 5) is 0. The normalized spacial score (nSPS) is 14.0. The first-order valence-electron chi connectivity index (χ1n) is 4.22. The van der Waals surface area contributed by atoms with Crippen LogP contribution in [0.3, 0.4) is 0 Å². The highest BCUT2D eigenvalue weighted by Gasteiger charge is 2.28. The van der Waals surface area contributed by atoms with Gasteiger partial charge in [-0.3, -0.25) is 0 Å². The van der Waals surface area contributed by atoms with Crippen LogP contribution in [0.15, 0.2) is 30.3 Å². The molecule has 0 aliphatic carbocycles. The zero-order chi connectivity index (χ0) is 10.6. The molecule has 78 valence electrons. The molecule has 0 spiro atoms. The molecule has 0 radical (unpaired) electrons. The minimum atomic E-state index is -4.26. The highest BCUT2D eigenvalue weighted by atomic mass is 19.4. The number of halogens is 3. The Balaban J connectivity index is 2.48. The quantitative estimate of drug-likeness (QED) is 0.733. The molecule has 0 heterocycles. The molecule has 0 bridgehead atoms. The summed E-state index contributed by atoms with van der Waals surface area (Å²) in [5, 5.41) is 0. The Kier molecular flexibility index (Phi) is 3.52. The fourth-order valence-electron chi connectivity index (χ4n) is 1.04. The van der Waals surface area contributed by atoms with Gasteiger partial charge in [0.15, 0.2) is 0 Å². The molecule has 0 aliphatic rings. The van der Waals surface area contributed by atoms with Crippen molar-refractivity contribution in [1.29, 1.82) is 0 Å². The molecule has 0 unspecified atom stereocenters. The standard InChI is InChI=1S/C10H11F3O/c1-8(14-7-10(11,12)13)9-5-3-2-4-6-9/h2-6,8H,7H2,1H3/t8-/m1/s1. The van der Waals surface area contributed by atoms with Gasteiger partial charge in [-0.1, -0.05) is 30.3 Å². The fraction of sp³-hybridized carbons (Fsp3) is 0.400. The lowest BCUT2D eigenvalue weighted by atomic mass is 10.1. The second-order valence-corrected chi connectivity index (χ2v) is 2.98. The monoisotopic (exact) mass is 204 g/mol. The molecule has 4 heteroatoms. The average molecular weight is 204 g/mol. The van der Waals surface area contributed by atoms with Crippen LogP contribution in [-0.4, -0.2) is 12.8 Å². The van der Waals surface area contributed by atoms with Gasteiger partial charge >= 0.3 is 6.18 Å². The van der Waals surface area contributed by atoms with Crippen LogP contribution < -0.4 is 0 Å². The van der Waals surface area contributed by atoms with Crippen LogP contribution >= 0.6 is 0 Å². The lowest BCUT2D eigenvalue weighted by Crippen LogP contribution is -2.18. The lowest BCUT2D eigenvalue weighted by Gasteiger charge is -2.14. The van der Waals surface area contributed by atoms with Gasteiger partial charge in [0.1, 0.15) is 6.61 Å². The third-order valence-corrected chi connectivity index (χ3v) is 1.77. The summed E-state index contributed by atoms with van der Waals surface area (Å²) in [7, 11) is 0. The van der Waals surface area contributed by atoms with E-state index in [1.807, 2.05) is 0 Å². The van der Waals surface area contributed by atoms with Crippen LogP contribution in [0.1, 0.15) is 18.6 Å². The lowest BCUT2D eigenvalue weighted by molar-refractivity contribution is -0.184. The molecule has 1 rings (SSSR count). The van der Waals surface area contributed by atoms with Gasteiger partial charge in [-0.15, -0.1) is 0 Å². The van der Waals surface area contributed by atoms with Crippen molar-refractivity contribution in [3.63, 3.8) is 0 Å². The van der Waals surface area contributed by atoms with E-state index in [2.05, 4.69) is 4.74 Å². The van der Waals surface area contributed by atoms with Gasteiger partial charge < -0.3 is 4.74 Å². The molecule has 0 saturated carbocycles. The van der Waals surface area contributed by atoms with E-state index >= 15 is 0 Å². The minimum absolute atomic E-state index is 0.530. The predicted octanol–water partition coefficient (Wildman–Crippen LogP) is 3.33. The largest absolute Gasteiger partial charge is 0.411 e. The van der Waals surface area contributed by atoms with Gasteiger partial charge in [-0.25, -0.2) is 0 Å². The topological polar surface area (TPSA) is 9.23 Å². The van der Waals surface area contributed by atoms with E-state index in [4.69, 9.17) is 0 Å². The van der Waals surface area contributed by atoms with E-state index in [0.29, 0.717) is 0 Å². The zero-order valence-electron chi connectivity index (χ0n) is 7.71. The maximum absolute atomic E-state index is 11.8. The number of ether oxygens (including phenoxy) is 1. The Morgan fingerprint density at radius 1 is 1.21 bits per heavy atom. The van der Waals surface area contributed by atoms with Crippen molar-refractivity contribution in [3.05, 3.63) is 35.9 Å². The Labute approximate surface area is 80.5 Å². The van der Waals surface area contributed by atoms with Crippen LogP contribution in [0.2, 0.25) is 0 Å². The maximum atomic E-state index is 11.8. The van der Waals surface area contributed by atoms with E-state index in [-0.39, 0.29) is 0 Å². The molecule has 1 nitrogen and oxygen atoms in total. The Morgan fingerprint density at radius 3 is 2.29 bits per heavy atom. The van der Waals surface area contributed by atoms with E-state index in [1.165, 1.54) is 0 Å². The first-order chi connectivity index (χ1) is 6.49. The molecule has 0 fully saturated rings. The SMILES string of the molecule is C[C@@H](OCC(F)(F)F)c1ccccc1. The number of hydrogen-bond donors (Lipinski definition) is 0. The Hall–Kier alpha value is -1.03. The summed E-state index contributed by atoms with van der Waals surface area (Å²) in [5.74, 6) is 0. The number of alkyl halides is 3. The molecule has 1 aromatic rings. The number of hydrogen-bond acceptors (Lipinski definition) is 1. The number of benzene rings is 1. The van der Waals surface area contributed by atoms with Crippen LogP contribution in [0, 0.1) is 0 Å². The summed E-state index contributed by atoms with van der Waals surface area (Å²) in [6.45, 7) is 0.393. The summed E-state index contributed by atoms with van der Waals surface area (Å²) >= 11 is 0. The van der Waals surface area contributed by atoms with Gasteiger partial charge in [0, 0.05) is 0 Å². The second kappa shape index (κ2) is 4.46. The van der Waals surface area contributed by atoms with Gasteiger partial charge in [0.05, 0.1) is 6.10 Å². The van der Waals surface area contributed by atoms with Gasteiger partial charge in [0.25, 0.3) is 0 Å². The molecular formula is C10H11F3O. The van der Waals surface area contributed by atoms with E-state index in [1.54, 1.807) is 37.3 Å². The van der Waals surface area contributed by atoms with E-state index in [9.17, 15) is 13.2 Å². The first-order valence-corrected chi connectivity index (χ1v) is 4.22. The van der Waals surface area contributed by atoms with Gasteiger partial charge in [-0.2, -0.15) is 13.2 Å². The van der Waals surface area contributed by atoms with Crippen LogP contribution in [0.4, 0.5) is 13.2 Å². The fourth-order valence-corrected chi connectivity index (χ4v) is 1.04. The molecule has 14 heavy (non-hydrogen) atoms. The second-order valence-electron chi connectivity index (χ2n) is 2.98. The van der Waals surface area contributed by atoms with Crippen molar-refractivity contribution >= 4 is 0 Å². The highest BCUT2D eigenvalue weighted by molar-refractivity contribution is 5.16. The molecule has 0 N–H and O–H groups in total. The molecule has 0 aromatic heterocycles. The summed E-state index contributed by atoms with van der Waals surface area (Å²) < 4.78 is 40.1. The summed E-state index contributed by atoms with van der Waals surface area (Å²) in [6.07, 6.45) is -4.79. The molecule has 0 aliphatic heterocycles. The first kappa shape index (κ1) is 11.0. The van der Waals surface area contributed by atoms with Crippen LogP contribution in [0.5, 0.6) is 0 Å². The summed E-state index contributed by atoms with van der Waals surface area (Å²) in [6, 6.07) is 8.81. The van der Waals surface area contributed by atoms with Crippen molar-refractivity contribution in [2.24, 2.45) is 0 Å². The van der Waals surface area contributed by atoms with E-state index < -0.39 is 18.9 Å². The minimum Gasteiger partial charge on any atom is -0.364 e. The third kappa shape index (κ3) is 3.79. The van der Waals surface area contributed by atoms with E-state index in [0.717, 1.165) is 5.56 Å². The Bertz CT molecular complexity index is 268. The van der Waals surface area contributed by atoms with Crippen molar-refractivity contribution in [3.8, 4) is 0 Å². The molecule has 0 saturated heterocycles. The van der Waals surface area contributed by atoms with Crippen molar-refractivity contribution in [1.82, 2.24) is 0 Å². The molecule has 0 amide bonds. The predicted molar refractivity (Wildman–Crippen MR) is 46.9 cm³/mol. The molecule has 1 atom stereocenters. The van der Waals surface area contributed by atoms with Gasteiger partial charge in [-0.05, 0) is 12.5 Å². The zero-order valence-corrected chi connectivity index (χ0v) is 7.71. The van der Waals surface area contributed by atoms with Crippen LogP contribution in [0.25, 0.3) is 0 Å². The van der Waals surface area contributed by atoms with Crippen LogP contribution in [-0.2, 0) is 4.74 Å². The highest BCUT2D eigenvalue weighted by Crippen LogP contribution is 2.21. The van der Waals surface area contributed by atoms with Crippen molar-refractivity contribution in [2.45, 2.75) is 19.2 Å². The molecule has 1 aromatic carbocycles. The van der Waals surface area contributed by atoms with Crippen molar-refractivity contribution < 1.29 is 17.9 Å².